The van der Waals surface area contributed by atoms with E-state index < -0.39 is 0 Å². The van der Waals surface area contributed by atoms with Gasteiger partial charge in [0.15, 0.2) is 0 Å². The van der Waals surface area contributed by atoms with Crippen molar-refractivity contribution in [1.29, 1.82) is 0 Å². The zero-order valence-electron chi connectivity index (χ0n) is 11.7. The fourth-order valence-corrected chi connectivity index (χ4v) is 2.46. The topological polar surface area (TPSA) is 45.1 Å². The Morgan fingerprint density at radius 3 is 2.67 bits per heavy atom. The number of aliphatic hydroxyl groups excluding tert-OH is 1. The van der Waals surface area contributed by atoms with E-state index in [0.29, 0.717) is 0 Å². The van der Waals surface area contributed by atoms with Gasteiger partial charge < -0.3 is 10.4 Å². The van der Waals surface area contributed by atoms with Gasteiger partial charge in [0.05, 0.1) is 12.6 Å². The van der Waals surface area contributed by atoms with E-state index in [1.165, 1.54) is 10.9 Å². The van der Waals surface area contributed by atoms with Gasteiger partial charge in [-0.2, -0.15) is 0 Å². The van der Waals surface area contributed by atoms with Crippen molar-refractivity contribution in [3.05, 3.63) is 78.1 Å². The molecule has 0 spiro atoms. The first-order chi connectivity index (χ1) is 10.4. The molecule has 0 radical (unpaired) electrons. The number of hydrogen-bond donors (Lipinski definition) is 2. The summed E-state index contributed by atoms with van der Waals surface area (Å²) in [6, 6.07) is 18.3. The van der Waals surface area contributed by atoms with Crippen LogP contribution in [0, 0.1) is 0 Å². The maximum Gasteiger partial charge on any atom is 0.0626 e. The molecule has 1 heterocycles. The lowest BCUT2D eigenvalue weighted by molar-refractivity contribution is 0.243. The number of pyridine rings is 1. The summed E-state index contributed by atoms with van der Waals surface area (Å²) < 4.78 is 0. The second-order valence-corrected chi connectivity index (χ2v) is 5.08. The highest BCUT2D eigenvalue weighted by Gasteiger charge is 2.09. The molecule has 3 aromatic rings. The monoisotopic (exact) mass is 278 g/mol. The van der Waals surface area contributed by atoms with Crippen LogP contribution in [0.15, 0.2) is 67.0 Å². The fourth-order valence-electron chi connectivity index (χ4n) is 2.46. The molecule has 0 saturated carbocycles. The largest absolute Gasteiger partial charge is 0.394 e. The van der Waals surface area contributed by atoms with Crippen molar-refractivity contribution in [3.8, 4) is 0 Å². The Bertz CT molecular complexity index is 712. The van der Waals surface area contributed by atoms with Gasteiger partial charge in [0.25, 0.3) is 0 Å². The molecule has 1 aromatic heterocycles. The van der Waals surface area contributed by atoms with Crippen LogP contribution < -0.4 is 5.32 Å². The van der Waals surface area contributed by atoms with E-state index in [9.17, 15) is 5.11 Å². The summed E-state index contributed by atoms with van der Waals surface area (Å²) in [5.41, 5.74) is 2.30. The predicted molar refractivity (Wildman–Crippen MR) is 84.9 cm³/mol. The van der Waals surface area contributed by atoms with E-state index in [-0.39, 0.29) is 12.6 Å². The molecule has 0 aliphatic heterocycles. The number of aromatic nitrogens is 1. The Morgan fingerprint density at radius 2 is 1.86 bits per heavy atom. The highest BCUT2D eigenvalue weighted by Crippen LogP contribution is 2.16. The van der Waals surface area contributed by atoms with E-state index in [4.69, 9.17) is 0 Å². The molecule has 0 aliphatic carbocycles. The van der Waals surface area contributed by atoms with Gasteiger partial charge in [-0.25, -0.2) is 0 Å². The van der Waals surface area contributed by atoms with Gasteiger partial charge in [-0.15, -0.1) is 0 Å². The molecular formula is C18H18N2O. The molecule has 0 amide bonds. The highest BCUT2D eigenvalue weighted by molar-refractivity contribution is 5.81. The van der Waals surface area contributed by atoms with Crippen molar-refractivity contribution in [3.63, 3.8) is 0 Å². The third-order valence-corrected chi connectivity index (χ3v) is 3.64. The van der Waals surface area contributed by atoms with Crippen LogP contribution in [0.1, 0.15) is 17.2 Å². The summed E-state index contributed by atoms with van der Waals surface area (Å²) in [5.74, 6) is 0. The SMILES string of the molecule is OC[C@@H](NCc1ccc2cnccc2c1)c1ccccc1. The lowest BCUT2D eigenvalue weighted by Gasteiger charge is -2.17. The molecule has 2 aromatic carbocycles. The minimum Gasteiger partial charge on any atom is -0.394 e. The number of hydrogen-bond acceptors (Lipinski definition) is 3. The van der Waals surface area contributed by atoms with E-state index in [0.717, 1.165) is 17.5 Å². The van der Waals surface area contributed by atoms with Crippen molar-refractivity contribution in [2.75, 3.05) is 6.61 Å². The number of aliphatic hydroxyl groups is 1. The Morgan fingerprint density at radius 1 is 1.00 bits per heavy atom. The Kier molecular flexibility index (Phi) is 4.24. The van der Waals surface area contributed by atoms with Gasteiger partial charge in [-0.05, 0) is 28.6 Å². The van der Waals surface area contributed by atoms with E-state index >= 15 is 0 Å². The molecule has 0 saturated heterocycles. The predicted octanol–water partition coefficient (Wildman–Crippen LogP) is 3.06. The van der Waals surface area contributed by atoms with Crippen LogP contribution in [-0.4, -0.2) is 16.7 Å². The Labute approximate surface area is 124 Å². The number of fused-ring (bicyclic) bond motifs is 1. The quantitative estimate of drug-likeness (QED) is 0.754. The first-order valence-corrected chi connectivity index (χ1v) is 7.08. The maximum absolute atomic E-state index is 9.56. The van der Waals surface area contributed by atoms with Gasteiger partial charge >= 0.3 is 0 Å². The summed E-state index contributed by atoms with van der Waals surface area (Å²) in [7, 11) is 0. The summed E-state index contributed by atoms with van der Waals surface area (Å²) in [4.78, 5) is 4.12. The van der Waals surface area contributed by atoms with Crippen LogP contribution in [0.25, 0.3) is 10.8 Å². The van der Waals surface area contributed by atoms with Gasteiger partial charge in [0, 0.05) is 24.3 Å². The fraction of sp³-hybridized carbons (Fsp3) is 0.167. The van der Waals surface area contributed by atoms with E-state index in [1.54, 1.807) is 6.20 Å². The second-order valence-electron chi connectivity index (χ2n) is 5.08. The van der Waals surface area contributed by atoms with Gasteiger partial charge in [0.2, 0.25) is 0 Å². The molecule has 0 bridgehead atoms. The summed E-state index contributed by atoms with van der Waals surface area (Å²) >= 11 is 0. The molecule has 3 nitrogen and oxygen atoms in total. The average Bonchev–Trinajstić information content (AvgIpc) is 2.56. The molecular weight excluding hydrogens is 260 g/mol. The highest BCUT2D eigenvalue weighted by atomic mass is 16.3. The number of rotatable bonds is 5. The molecule has 0 unspecified atom stereocenters. The Hall–Kier alpha value is -2.23. The van der Waals surface area contributed by atoms with Crippen LogP contribution in [-0.2, 0) is 6.54 Å². The van der Waals surface area contributed by atoms with Gasteiger partial charge in [-0.1, -0.05) is 42.5 Å². The maximum atomic E-state index is 9.56. The summed E-state index contributed by atoms with van der Waals surface area (Å²) in [6.07, 6.45) is 3.67. The lowest BCUT2D eigenvalue weighted by Crippen LogP contribution is -2.23. The normalized spacial score (nSPS) is 12.4. The van der Waals surface area contributed by atoms with Crippen LogP contribution in [0.2, 0.25) is 0 Å². The van der Waals surface area contributed by atoms with Crippen molar-refractivity contribution in [1.82, 2.24) is 10.3 Å². The van der Waals surface area contributed by atoms with Crippen LogP contribution in [0.4, 0.5) is 0 Å². The third-order valence-electron chi connectivity index (χ3n) is 3.64. The first kappa shape index (κ1) is 13.7. The summed E-state index contributed by atoms with van der Waals surface area (Å²) in [5, 5.41) is 15.3. The van der Waals surface area contributed by atoms with Crippen molar-refractivity contribution >= 4 is 10.8 Å². The number of nitrogens with zero attached hydrogens (tertiary/aromatic N) is 1. The van der Waals surface area contributed by atoms with Gasteiger partial charge in [0.1, 0.15) is 0 Å². The van der Waals surface area contributed by atoms with Crippen molar-refractivity contribution in [2.24, 2.45) is 0 Å². The third kappa shape index (κ3) is 3.27. The standard InChI is InChI=1S/C18H18N2O/c21-13-18(15-4-2-1-3-5-15)20-11-14-6-7-17-12-19-9-8-16(17)10-14/h1-10,12,18,20-21H,11,13H2/t18-/m1/s1. The number of nitrogens with one attached hydrogen (secondary N) is 1. The lowest BCUT2D eigenvalue weighted by atomic mass is 10.1. The van der Waals surface area contributed by atoms with Crippen LogP contribution >= 0.6 is 0 Å². The smallest absolute Gasteiger partial charge is 0.0626 e. The molecule has 3 heteroatoms. The van der Waals surface area contributed by atoms with Crippen LogP contribution in [0.3, 0.4) is 0 Å². The van der Waals surface area contributed by atoms with Crippen molar-refractivity contribution in [2.45, 2.75) is 12.6 Å². The molecule has 0 aliphatic rings. The van der Waals surface area contributed by atoms with Crippen molar-refractivity contribution < 1.29 is 5.11 Å². The minimum atomic E-state index is -0.0423. The minimum absolute atomic E-state index is 0.0423. The Balaban J connectivity index is 1.73. The van der Waals surface area contributed by atoms with E-state index in [2.05, 4.69) is 28.5 Å². The molecule has 2 N–H and O–H groups in total. The molecule has 106 valence electrons. The zero-order valence-corrected chi connectivity index (χ0v) is 11.7. The average molecular weight is 278 g/mol. The summed E-state index contributed by atoms with van der Waals surface area (Å²) in [6.45, 7) is 0.805. The molecule has 0 fully saturated rings. The zero-order chi connectivity index (χ0) is 14.5. The number of benzene rings is 2. The molecule has 3 rings (SSSR count). The second kappa shape index (κ2) is 6.48. The molecule has 1 atom stereocenters. The van der Waals surface area contributed by atoms with Gasteiger partial charge in [-0.3, -0.25) is 4.98 Å². The van der Waals surface area contributed by atoms with E-state index in [1.807, 2.05) is 42.6 Å². The molecule has 21 heavy (non-hydrogen) atoms. The first-order valence-electron chi connectivity index (χ1n) is 7.08. The van der Waals surface area contributed by atoms with Crippen LogP contribution in [0.5, 0.6) is 0 Å².